The van der Waals surface area contributed by atoms with Crippen molar-refractivity contribution < 1.29 is 29.3 Å². The van der Waals surface area contributed by atoms with Gasteiger partial charge in [-0.1, -0.05) is 6.07 Å². The highest BCUT2D eigenvalue weighted by atomic mass is 16.5. The van der Waals surface area contributed by atoms with Gasteiger partial charge in [-0.2, -0.15) is 0 Å². The molecule has 120 valence electrons. The van der Waals surface area contributed by atoms with Crippen LogP contribution < -0.4 is 5.43 Å². The number of phenolic OH excluding ortho intramolecular Hbond substituents is 1. The molecular weight excluding hydrogens is 304 g/mol. The second kappa shape index (κ2) is 4.94. The van der Waals surface area contributed by atoms with E-state index in [9.17, 15) is 24.9 Å². The quantitative estimate of drug-likeness (QED) is 0.660. The lowest BCUT2D eigenvalue weighted by molar-refractivity contribution is -0.175. The Morgan fingerprint density at radius 2 is 2.09 bits per heavy atom. The van der Waals surface area contributed by atoms with Crippen molar-refractivity contribution >= 4 is 23.0 Å². The molecule has 3 rings (SSSR count). The minimum absolute atomic E-state index is 0.0659. The standard InChI is InChI=1S/C16H14O7/c1-7-6-10-12(16(21,14(7)19)15(20)22-2)13(18)11-8(17)4-3-5-9(11)23-10/h3-6,14,17,19,21H,1-2H3. The number of hydrogen-bond donors (Lipinski definition) is 3. The van der Waals surface area contributed by atoms with Crippen LogP contribution in [0.2, 0.25) is 0 Å². The summed E-state index contributed by atoms with van der Waals surface area (Å²) in [6.45, 7) is 1.48. The van der Waals surface area contributed by atoms with E-state index in [0.717, 1.165) is 7.11 Å². The molecule has 2 aromatic rings. The first-order valence-corrected chi connectivity index (χ1v) is 6.78. The van der Waals surface area contributed by atoms with Gasteiger partial charge in [0.1, 0.15) is 28.6 Å². The van der Waals surface area contributed by atoms with Crippen LogP contribution in [-0.2, 0) is 15.1 Å². The zero-order valence-electron chi connectivity index (χ0n) is 12.4. The van der Waals surface area contributed by atoms with Crippen molar-refractivity contribution in [1.29, 1.82) is 0 Å². The van der Waals surface area contributed by atoms with Crippen LogP contribution in [0.3, 0.4) is 0 Å². The fourth-order valence-electron chi connectivity index (χ4n) is 2.82. The minimum atomic E-state index is -2.61. The third-order valence-electron chi connectivity index (χ3n) is 3.99. The average molecular weight is 318 g/mol. The molecule has 0 saturated heterocycles. The van der Waals surface area contributed by atoms with Crippen molar-refractivity contribution in [3.63, 3.8) is 0 Å². The zero-order valence-corrected chi connectivity index (χ0v) is 12.4. The van der Waals surface area contributed by atoms with Crippen LogP contribution in [0.5, 0.6) is 5.75 Å². The molecule has 1 aromatic heterocycles. The highest BCUT2D eigenvalue weighted by Gasteiger charge is 2.53. The summed E-state index contributed by atoms with van der Waals surface area (Å²) in [6, 6.07) is 4.25. The molecule has 7 nitrogen and oxygen atoms in total. The number of carbonyl (C=O) groups excluding carboxylic acids is 1. The first-order chi connectivity index (χ1) is 10.8. The predicted molar refractivity (Wildman–Crippen MR) is 79.7 cm³/mol. The number of esters is 1. The number of aromatic hydroxyl groups is 1. The molecule has 1 aliphatic rings. The van der Waals surface area contributed by atoms with Crippen LogP contribution >= 0.6 is 0 Å². The third kappa shape index (κ3) is 1.90. The van der Waals surface area contributed by atoms with Gasteiger partial charge in [-0.05, 0) is 30.7 Å². The van der Waals surface area contributed by atoms with E-state index in [2.05, 4.69) is 4.74 Å². The first-order valence-electron chi connectivity index (χ1n) is 6.78. The smallest absolute Gasteiger partial charge is 0.346 e. The van der Waals surface area contributed by atoms with Crippen molar-refractivity contribution in [2.75, 3.05) is 7.11 Å². The van der Waals surface area contributed by atoms with Gasteiger partial charge in [-0.25, -0.2) is 4.79 Å². The Labute approximate surface area is 130 Å². The van der Waals surface area contributed by atoms with E-state index < -0.39 is 28.7 Å². The number of methoxy groups -OCH3 is 1. The maximum atomic E-state index is 12.8. The Bertz CT molecular complexity index is 909. The zero-order chi connectivity index (χ0) is 16.9. The van der Waals surface area contributed by atoms with Crippen LogP contribution in [0.4, 0.5) is 0 Å². The molecule has 23 heavy (non-hydrogen) atoms. The van der Waals surface area contributed by atoms with Gasteiger partial charge in [0.2, 0.25) is 11.0 Å². The molecule has 0 spiro atoms. The number of ether oxygens (including phenoxy) is 1. The van der Waals surface area contributed by atoms with Gasteiger partial charge in [0.25, 0.3) is 0 Å². The second-order valence-electron chi connectivity index (χ2n) is 5.37. The van der Waals surface area contributed by atoms with E-state index in [1.54, 1.807) is 0 Å². The molecule has 1 aliphatic carbocycles. The van der Waals surface area contributed by atoms with Crippen LogP contribution in [0.15, 0.2) is 33.0 Å². The van der Waals surface area contributed by atoms with E-state index in [4.69, 9.17) is 4.42 Å². The van der Waals surface area contributed by atoms with E-state index in [1.165, 1.54) is 31.2 Å². The first kappa shape index (κ1) is 15.3. The molecular formula is C16H14O7. The Hall–Kier alpha value is -2.64. The van der Waals surface area contributed by atoms with Crippen molar-refractivity contribution in [2.24, 2.45) is 0 Å². The Balaban J connectivity index is 2.50. The summed E-state index contributed by atoms with van der Waals surface area (Å²) in [4.78, 5) is 24.8. The topological polar surface area (TPSA) is 117 Å². The van der Waals surface area contributed by atoms with Gasteiger partial charge in [0, 0.05) is 0 Å². The fraction of sp³-hybridized carbons (Fsp3) is 0.250. The summed E-state index contributed by atoms with van der Waals surface area (Å²) in [5, 5.41) is 30.7. The molecule has 2 atom stereocenters. The largest absolute Gasteiger partial charge is 0.507 e. The lowest BCUT2D eigenvalue weighted by atomic mass is 9.79. The summed E-state index contributed by atoms with van der Waals surface area (Å²) in [6.07, 6.45) is -0.309. The number of benzene rings is 1. The highest BCUT2D eigenvalue weighted by molar-refractivity contribution is 5.90. The van der Waals surface area contributed by atoms with Gasteiger partial charge >= 0.3 is 5.97 Å². The van der Waals surface area contributed by atoms with E-state index in [1.807, 2.05) is 0 Å². The van der Waals surface area contributed by atoms with Gasteiger partial charge < -0.3 is 24.5 Å². The Kier molecular flexibility index (Phi) is 3.28. The summed E-state index contributed by atoms with van der Waals surface area (Å²) in [7, 11) is 1.03. The fourth-order valence-corrected chi connectivity index (χ4v) is 2.82. The molecule has 0 saturated carbocycles. The number of aliphatic hydroxyl groups is 2. The van der Waals surface area contributed by atoms with E-state index in [-0.39, 0.29) is 28.1 Å². The number of rotatable bonds is 1. The summed E-state index contributed by atoms with van der Waals surface area (Å²) < 4.78 is 10.1. The van der Waals surface area contributed by atoms with Gasteiger partial charge in [-0.3, -0.25) is 4.79 Å². The molecule has 0 radical (unpaired) electrons. The maximum Gasteiger partial charge on any atom is 0.346 e. The Morgan fingerprint density at radius 1 is 1.39 bits per heavy atom. The molecule has 3 N–H and O–H groups in total. The Morgan fingerprint density at radius 3 is 2.74 bits per heavy atom. The molecule has 1 heterocycles. The van der Waals surface area contributed by atoms with Crippen molar-refractivity contribution in [2.45, 2.75) is 18.6 Å². The monoisotopic (exact) mass is 318 g/mol. The average Bonchev–Trinajstić information content (AvgIpc) is 2.51. The van der Waals surface area contributed by atoms with Crippen LogP contribution in [0.1, 0.15) is 18.2 Å². The van der Waals surface area contributed by atoms with E-state index >= 15 is 0 Å². The third-order valence-corrected chi connectivity index (χ3v) is 3.99. The number of hydrogen-bond acceptors (Lipinski definition) is 7. The van der Waals surface area contributed by atoms with Crippen LogP contribution in [-0.4, -0.2) is 34.5 Å². The number of aliphatic hydroxyl groups excluding tert-OH is 1. The molecule has 7 heteroatoms. The van der Waals surface area contributed by atoms with Gasteiger partial charge in [0.15, 0.2) is 0 Å². The molecule has 2 unspecified atom stereocenters. The number of carbonyl (C=O) groups is 1. The molecule has 0 amide bonds. The van der Waals surface area contributed by atoms with E-state index in [0.29, 0.717) is 0 Å². The second-order valence-corrected chi connectivity index (χ2v) is 5.37. The molecule has 0 bridgehead atoms. The van der Waals surface area contributed by atoms with Crippen LogP contribution in [0.25, 0.3) is 17.0 Å². The minimum Gasteiger partial charge on any atom is -0.507 e. The summed E-state index contributed by atoms with van der Waals surface area (Å²) in [5.74, 6) is -1.61. The molecule has 1 aromatic carbocycles. The number of phenols is 1. The van der Waals surface area contributed by atoms with Crippen molar-refractivity contribution in [1.82, 2.24) is 0 Å². The van der Waals surface area contributed by atoms with Gasteiger partial charge in [-0.15, -0.1) is 0 Å². The lowest BCUT2D eigenvalue weighted by Gasteiger charge is -2.34. The van der Waals surface area contributed by atoms with Crippen LogP contribution in [0, 0.1) is 0 Å². The number of fused-ring (bicyclic) bond motifs is 2. The molecule has 0 aliphatic heterocycles. The lowest BCUT2D eigenvalue weighted by Crippen LogP contribution is -2.52. The normalized spacial score (nSPS) is 23.3. The molecule has 0 fully saturated rings. The SMILES string of the molecule is COC(=O)C1(O)c2c(oc3cccc(O)c3c2=O)C=C(C)C1O. The summed E-state index contributed by atoms with van der Waals surface area (Å²) >= 11 is 0. The predicted octanol–water partition coefficient (Wildman–Crippen LogP) is 0.637. The highest BCUT2D eigenvalue weighted by Crippen LogP contribution is 2.38. The van der Waals surface area contributed by atoms with Crippen molar-refractivity contribution in [3.8, 4) is 5.75 Å². The van der Waals surface area contributed by atoms with Gasteiger partial charge in [0.05, 0.1) is 12.7 Å². The maximum absolute atomic E-state index is 12.8. The summed E-state index contributed by atoms with van der Waals surface area (Å²) in [5.41, 5.74) is -3.55. The van der Waals surface area contributed by atoms with Crippen molar-refractivity contribution in [3.05, 3.63) is 45.3 Å².